The normalized spacial score (nSPS) is 14.5. The fourth-order valence-corrected chi connectivity index (χ4v) is 3.16. The quantitative estimate of drug-likeness (QED) is 0.870. The molecule has 1 aliphatic rings. The highest BCUT2D eigenvalue weighted by molar-refractivity contribution is 6.30. The lowest BCUT2D eigenvalue weighted by molar-refractivity contribution is -0.118. The number of carbonyl (C=O) groups is 1. The van der Waals surface area contributed by atoms with Crippen molar-refractivity contribution in [1.29, 1.82) is 0 Å². The molecule has 0 atom stereocenters. The molecule has 2 aromatic rings. The molecule has 0 radical (unpaired) electrons. The number of halogens is 1. The summed E-state index contributed by atoms with van der Waals surface area (Å²) in [5.41, 5.74) is 3.31. The van der Waals surface area contributed by atoms with Gasteiger partial charge in [-0.15, -0.1) is 0 Å². The van der Waals surface area contributed by atoms with Crippen molar-refractivity contribution in [3.05, 3.63) is 46.7 Å². The van der Waals surface area contributed by atoms with Gasteiger partial charge in [-0.25, -0.2) is 0 Å². The lowest BCUT2D eigenvalue weighted by atomic mass is 10.1. The SMILES string of the molecule is Cn1cc(CCC(=O)N2CCCCc3cc(Cl)ccc32)cn1. The topological polar surface area (TPSA) is 38.1 Å². The Morgan fingerprint density at radius 2 is 2.23 bits per heavy atom. The Bertz CT molecular complexity index is 680. The zero-order valence-corrected chi connectivity index (χ0v) is 13.5. The number of anilines is 1. The van der Waals surface area contributed by atoms with E-state index in [0.717, 1.165) is 48.5 Å². The maximum absolute atomic E-state index is 12.6. The third-order valence-corrected chi connectivity index (χ3v) is 4.33. The second-order valence-electron chi connectivity index (χ2n) is 5.80. The van der Waals surface area contributed by atoms with Crippen molar-refractivity contribution < 1.29 is 4.79 Å². The number of aryl methyl sites for hydroxylation is 3. The first-order chi connectivity index (χ1) is 10.6. The van der Waals surface area contributed by atoms with Crippen LogP contribution in [0.2, 0.25) is 5.02 Å². The van der Waals surface area contributed by atoms with Gasteiger partial charge in [0.2, 0.25) is 5.91 Å². The van der Waals surface area contributed by atoms with Gasteiger partial charge in [0.1, 0.15) is 0 Å². The number of hydrogen-bond donors (Lipinski definition) is 0. The van der Waals surface area contributed by atoms with Gasteiger partial charge in [0.15, 0.2) is 0 Å². The molecule has 22 heavy (non-hydrogen) atoms. The Balaban J connectivity index is 1.74. The van der Waals surface area contributed by atoms with E-state index in [-0.39, 0.29) is 5.91 Å². The highest BCUT2D eigenvalue weighted by Crippen LogP contribution is 2.29. The number of aromatic nitrogens is 2. The van der Waals surface area contributed by atoms with Crippen molar-refractivity contribution in [1.82, 2.24) is 9.78 Å². The highest BCUT2D eigenvalue weighted by Gasteiger charge is 2.21. The van der Waals surface area contributed by atoms with E-state index in [2.05, 4.69) is 5.10 Å². The van der Waals surface area contributed by atoms with Crippen LogP contribution in [0.25, 0.3) is 0 Å². The first-order valence-corrected chi connectivity index (χ1v) is 8.07. The number of amides is 1. The molecule has 0 saturated heterocycles. The van der Waals surface area contributed by atoms with Crippen LogP contribution in [0.5, 0.6) is 0 Å². The van der Waals surface area contributed by atoms with Gasteiger partial charge in [-0.1, -0.05) is 11.6 Å². The number of nitrogens with zero attached hydrogens (tertiary/aromatic N) is 3. The molecule has 4 nitrogen and oxygen atoms in total. The molecule has 0 saturated carbocycles. The highest BCUT2D eigenvalue weighted by atomic mass is 35.5. The summed E-state index contributed by atoms with van der Waals surface area (Å²) in [5, 5.41) is 4.88. The standard InChI is InChI=1S/C17H20ClN3O/c1-20-12-13(11-19-20)5-8-17(22)21-9-3-2-4-14-10-15(18)6-7-16(14)21/h6-7,10-12H,2-5,8-9H2,1H3. The van der Waals surface area contributed by atoms with E-state index in [1.54, 1.807) is 4.68 Å². The fraction of sp³-hybridized carbons (Fsp3) is 0.412. The smallest absolute Gasteiger partial charge is 0.227 e. The molecule has 0 fully saturated rings. The Morgan fingerprint density at radius 1 is 1.36 bits per heavy atom. The monoisotopic (exact) mass is 317 g/mol. The Kier molecular flexibility index (Phi) is 4.48. The van der Waals surface area contributed by atoms with E-state index in [1.165, 1.54) is 5.56 Å². The summed E-state index contributed by atoms with van der Waals surface area (Å²) in [6.07, 6.45) is 8.14. The van der Waals surface area contributed by atoms with Crippen LogP contribution in [0.1, 0.15) is 30.4 Å². The Hall–Kier alpha value is -1.81. The molecular weight excluding hydrogens is 298 g/mol. The summed E-state index contributed by atoms with van der Waals surface area (Å²) in [4.78, 5) is 14.6. The van der Waals surface area contributed by atoms with Crippen molar-refractivity contribution in [2.45, 2.75) is 32.1 Å². The number of benzene rings is 1. The summed E-state index contributed by atoms with van der Waals surface area (Å²) in [6.45, 7) is 0.792. The maximum atomic E-state index is 12.6. The van der Waals surface area contributed by atoms with Crippen LogP contribution < -0.4 is 4.90 Å². The zero-order chi connectivity index (χ0) is 15.5. The van der Waals surface area contributed by atoms with Crippen molar-refractivity contribution in [3.63, 3.8) is 0 Å². The molecule has 1 amide bonds. The van der Waals surface area contributed by atoms with Crippen molar-refractivity contribution >= 4 is 23.2 Å². The summed E-state index contributed by atoms with van der Waals surface area (Å²) >= 11 is 6.09. The minimum Gasteiger partial charge on any atom is -0.312 e. The van der Waals surface area contributed by atoms with E-state index >= 15 is 0 Å². The predicted molar refractivity (Wildman–Crippen MR) is 88.3 cm³/mol. The molecule has 0 unspecified atom stereocenters. The van der Waals surface area contributed by atoms with Gasteiger partial charge < -0.3 is 4.90 Å². The van der Waals surface area contributed by atoms with Gasteiger partial charge in [0.25, 0.3) is 0 Å². The lowest BCUT2D eigenvalue weighted by Crippen LogP contribution is -2.31. The average Bonchev–Trinajstić information content (AvgIpc) is 2.80. The molecule has 0 aliphatic carbocycles. The largest absolute Gasteiger partial charge is 0.312 e. The third kappa shape index (κ3) is 3.33. The molecule has 1 aliphatic heterocycles. The average molecular weight is 318 g/mol. The van der Waals surface area contributed by atoms with Crippen LogP contribution in [0.4, 0.5) is 5.69 Å². The van der Waals surface area contributed by atoms with E-state index in [9.17, 15) is 4.79 Å². The Labute approximate surface area is 135 Å². The first kappa shape index (κ1) is 15.1. The van der Waals surface area contributed by atoms with E-state index in [4.69, 9.17) is 11.6 Å². The van der Waals surface area contributed by atoms with Crippen LogP contribution in [0.15, 0.2) is 30.6 Å². The maximum Gasteiger partial charge on any atom is 0.227 e. The van der Waals surface area contributed by atoms with Crippen LogP contribution >= 0.6 is 11.6 Å². The summed E-state index contributed by atoms with van der Waals surface area (Å²) < 4.78 is 1.77. The van der Waals surface area contributed by atoms with Crippen LogP contribution in [0.3, 0.4) is 0 Å². The molecule has 1 aromatic carbocycles. The molecule has 3 rings (SSSR count). The summed E-state index contributed by atoms with van der Waals surface area (Å²) in [7, 11) is 1.89. The number of fused-ring (bicyclic) bond motifs is 1. The molecule has 0 bridgehead atoms. The lowest BCUT2D eigenvalue weighted by Gasteiger charge is -2.23. The molecular formula is C17H20ClN3O. The number of rotatable bonds is 3. The van der Waals surface area contributed by atoms with Gasteiger partial charge in [-0.05, 0) is 55.0 Å². The summed E-state index contributed by atoms with van der Waals surface area (Å²) in [6, 6.07) is 5.83. The summed E-state index contributed by atoms with van der Waals surface area (Å²) in [5.74, 6) is 0.175. The molecule has 0 spiro atoms. The van der Waals surface area contributed by atoms with E-state index in [1.807, 2.05) is 42.5 Å². The van der Waals surface area contributed by atoms with Crippen LogP contribution in [-0.4, -0.2) is 22.2 Å². The minimum absolute atomic E-state index is 0.175. The van der Waals surface area contributed by atoms with Gasteiger partial charge in [-0.2, -0.15) is 5.10 Å². The van der Waals surface area contributed by atoms with Crippen molar-refractivity contribution in [2.24, 2.45) is 7.05 Å². The second kappa shape index (κ2) is 6.53. The van der Waals surface area contributed by atoms with Gasteiger partial charge in [0.05, 0.1) is 6.20 Å². The molecule has 5 heteroatoms. The van der Waals surface area contributed by atoms with Gasteiger partial charge in [0, 0.05) is 36.9 Å². The number of hydrogen-bond acceptors (Lipinski definition) is 2. The zero-order valence-electron chi connectivity index (χ0n) is 12.8. The van der Waals surface area contributed by atoms with Crippen molar-refractivity contribution in [3.8, 4) is 0 Å². The third-order valence-electron chi connectivity index (χ3n) is 4.10. The van der Waals surface area contributed by atoms with Crippen LogP contribution in [-0.2, 0) is 24.7 Å². The van der Waals surface area contributed by atoms with E-state index in [0.29, 0.717) is 6.42 Å². The van der Waals surface area contributed by atoms with E-state index < -0.39 is 0 Å². The first-order valence-electron chi connectivity index (χ1n) is 7.70. The molecule has 116 valence electrons. The molecule has 1 aromatic heterocycles. The number of carbonyl (C=O) groups excluding carboxylic acids is 1. The predicted octanol–water partition coefficient (Wildman–Crippen LogP) is 3.38. The van der Waals surface area contributed by atoms with Gasteiger partial charge in [-0.3, -0.25) is 9.48 Å². The van der Waals surface area contributed by atoms with Crippen molar-refractivity contribution in [2.75, 3.05) is 11.4 Å². The molecule has 0 N–H and O–H groups in total. The van der Waals surface area contributed by atoms with Crippen LogP contribution in [0, 0.1) is 0 Å². The molecule has 2 heterocycles. The fourth-order valence-electron chi connectivity index (χ4n) is 2.97. The Morgan fingerprint density at radius 3 is 3.00 bits per heavy atom. The minimum atomic E-state index is 0.175. The second-order valence-corrected chi connectivity index (χ2v) is 6.23. The van der Waals surface area contributed by atoms with Gasteiger partial charge >= 0.3 is 0 Å².